The molecule has 2 aliphatic rings. The Morgan fingerprint density at radius 3 is 2.59 bits per heavy atom. The molecule has 3 aromatic rings. The molecule has 5 rings (SSSR count). The number of nitrogens with zero attached hydrogens (tertiary/aromatic N) is 2. The van der Waals surface area contributed by atoms with Crippen LogP contribution in [0, 0.1) is 6.92 Å². The van der Waals surface area contributed by atoms with E-state index in [-0.39, 0.29) is 35.8 Å². The third-order valence-electron chi connectivity index (χ3n) is 6.36. The molecule has 7 heteroatoms. The summed E-state index contributed by atoms with van der Waals surface area (Å²) in [6.07, 6.45) is 0.737. The number of hydrogen-bond donors (Lipinski definition) is 0. The number of rotatable bonds is 5. The third kappa shape index (κ3) is 2.48. The topological polar surface area (TPSA) is 80.1 Å². The van der Waals surface area contributed by atoms with Gasteiger partial charge in [-0.2, -0.15) is 0 Å². The number of fused-ring (bicyclic) bond motifs is 5. The summed E-state index contributed by atoms with van der Waals surface area (Å²) in [6.45, 7) is 4.72. The number of carbonyl (C=O) groups is 2. The maximum atomic E-state index is 14.1. The first-order valence-electron chi connectivity index (χ1n) is 10.8. The van der Waals surface area contributed by atoms with Crippen LogP contribution in [0.5, 0.6) is 0 Å². The van der Waals surface area contributed by atoms with E-state index in [1.807, 2.05) is 44.2 Å². The smallest absolute Gasteiger partial charge is 0.291 e. The summed E-state index contributed by atoms with van der Waals surface area (Å²) in [5, 5.41) is 0.365. The Bertz CT molecular complexity index is 1330. The Balaban J connectivity index is 1.90. The van der Waals surface area contributed by atoms with Gasteiger partial charge in [0.05, 0.1) is 23.2 Å². The number of anilines is 1. The standard InChI is InChI=1S/C25H24N2O5/c1-4-11-26-18-8-6-5-7-17(18)25(24(26)30)20-21(28)16-14-15(2)9-10-19(16)32-22(20)23(29)27(25)12-13-31-3/h5-10,14H,4,11-13H2,1-3H3/t25-/m0/s1. The number of amides is 2. The SMILES string of the molecule is CCCN1C(=O)[C@]2(c3ccccc31)c1c(oc3ccc(C)cc3c1=O)C(=O)N2CCOC. The molecule has 164 valence electrons. The molecule has 32 heavy (non-hydrogen) atoms. The minimum atomic E-state index is -1.56. The summed E-state index contributed by atoms with van der Waals surface area (Å²) in [5.74, 6) is -0.842. The molecule has 3 heterocycles. The second-order valence-electron chi connectivity index (χ2n) is 8.27. The van der Waals surface area contributed by atoms with Gasteiger partial charge in [-0.05, 0) is 31.5 Å². The van der Waals surface area contributed by atoms with Crippen molar-refractivity contribution >= 4 is 28.5 Å². The van der Waals surface area contributed by atoms with E-state index in [1.54, 1.807) is 17.0 Å². The number of carbonyl (C=O) groups excluding carboxylic acids is 2. The van der Waals surface area contributed by atoms with Gasteiger partial charge in [0.15, 0.2) is 11.0 Å². The highest BCUT2D eigenvalue weighted by Crippen LogP contribution is 2.52. The monoisotopic (exact) mass is 432 g/mol. The molecule has 0 unspecified atom stereocenters. The van der Waals surface area contributed by atoms with Gasteiger partial charge in [0.1, 0.15) is 5.58 Å². The normalized spacial score (nSPS) is 19.3. The fourth-order valence-corrected chi connectivity index (χ4v) is 5.03. The highest BCUT2D eigenvalue weighted by molar-refractivity contribution is 6.17. The van der Waals surface area contributed by atoms with Crippen molar-refractivity contribution in [3.05, 3.63) is 75.1 Å². The molecule has 0 N–H and O–H groups in total. The van der Waals surface area contributed by atoms with Gasteiger partial charge in [-0.1, -0.05) is 36.8 Å². The van der Waals surface area contributed by atoms with Crippen LogP contribution >= 0.6 is 0 Å². The van der Waals surface area contributed by atoms with E-state index in [0.717, 1.165) is 12.0 Å². The fraction of sp³-hybridized carbons (Fsp3) is 0.320. The van der Waals surface area contributed by atoms with Gasteiger partial charge in [0, 0.05) is 25.8 Å². The molecule has 0 radical (unpaired) electrons. The van der Waals surface area contributed by atoms with Crippen molar-refractivity contribution in [3.63, 3.8) is 0 Å². The molecule has 1 atom stereocenters. The zero-order valence-corrected chi connectivity index (χ0v) is 18.3. The van der Waals surface area contributed by atoms with E-state index in [0.29, 0.717) is 28.8 Å². The van der Waals surface area contributed by atoms with E-state index in [4.69, 9.17) is 9.15 Å². The van der Waals surface area contributed by atoms with Gasteiger partial charge < -0.3 is 19.0 Å². The van der Waals surface area contributed by atoms with Crippen LogP contribution < -0.4 is 10.3 Å². The van der Waals surface area contributed by atoms with E-state index in [2.05, 4.69) is 0 Å². The van der Waals surface area contributed by atoms with Crippen LogP contribution in [0.3, 0.4) is 0 Å². The summed E-state index contributed by atoms with van der Waals surface area (Å²) in [7, 11) is 1.54. The quantitative estimate of drug-likeness (QED) is 0.619. The van der Waals surface area contributed by atoms with Crippen LogP contribution in [-0.4, -0.2) is 43.5 Å². The van der Waals surface area contributed by atoms with Crippen molar-refractivity contribution in [2.45, 2.75) is 25.8 Å². The molecule has 2 aliphatic heterocycles. The Kier molecular flexibility index (Phi) is 4.67. The number of ether oxygens (including phenoxy) is 1. The predicted octanol–water partition coefficient (Wildman–Crippen LogP) is 3.20. The summed E-state index contributed by atoms with van der Waals surface area (Å²) in [4.78, 5) is 44.7. The maximum absolute atomic E-state index is 14.1. The minimum Gasteiger partial charge on any atom is -0.450 e. The first kappa shape index (κ1) is 20.5. The number of benzene rings is 2. The summed E-state index contributed by atoms with van der Waals surface area (Å²) < 4.78 is 11.3. The van der Waals surface area contributed by atoms with Crippen LogP contribution in [0.15, 0.2) is 51.7 Å². The van der Waals surface area contributed by atoms with Gasteiger partial charge in [-0.15, -0.1) is 0 Å². The predicted molar refractivity (Wildman–Crippen MR) is 120 cm³/mol. The Morgan fingerprint density at radius 2 is 1.84 bits per heavy atom. The Morgan fingerprint density at radius 1 is 1.06 bits per heavy atom. The van der Waals surface area contributed by atoms with Gasteiger partial charge in [0.25, 0.3) is 11.8 Å². The lowest BCUT2D eigenvalue weighted by Crippen LogP contribution is -2.54. The van der Waals surface area contributed by atoms with Crippen LogP contribution in [0.1, 0.15) is 40.6 Å². The average molecular weight is 432 g/mol. The van der Waals surface area contributed by atoms with Gasteiger partial charge in [-0.3, -0.25) is 14.4 Å². The number of para-hydroxylation sites is 1. The van der Waals surface area contributed by atoms with Crippen molar-refractivity contribution in [2.24, 2.45) is 0 Å². The van der Waals surface area contributed by atoms with E-state index < -0.39 is 11.4 Å². The minimum absolute atomic E-state index is 0.0658. The molecule has 2 aromatic carbocycles. The molecule has 0 aliphatic carbocycles. The number of aryl methyl sites for hydroxylation is 1. The highest BCUT2D eigenvalue weighted by atomic mass is 16.5. The van der Waals surface area contributed by atoms with Crippen molar-refractivity contribution in [3.8, 4) is 0 Å². The maximum Gasteiger partial charge on any atom is 0.291 e. The van der Waals surface area contributed by atoms with Crippen LogP contribution in [0.25, 0.3) is 11.0 Å². The molecule has 0 fully saturated rings. The lowest BCUT2D eigenvalue weighted by molar-refractivity contribution is -0.126. The van der Waals surface area contributed by atoms with Crippen LogP contribution in [-0.2, 0) is 15.1 Å². The number of methoxy groups -OCH3 is 1. The lowest BCUT2D eigenvalue weighted by atomic mass is 9.84. The molecule has 7 nitrogen and oxygen atoms in total. The largest absolute Gasteiger partial charge is 0.450 e. The summed E-state index contributed by atoms with van der Waals surface area (Å²) in [6, 6.07) is 12.6. The molecular weight excluding hydrogens is 408 g/mol. The van der Waals surface area contributed by atoms with E-state index in [1.165, 1.54) is 12.0 Å². The Hall–Kier alpha value is -3.45. The third-order valence-corrected chi connectivity index (χ3v) is 6.36. The molecular formula is C25H24N2O5. The van der Waals surface area contributed by atoms with Crippen molar-refractivity contribution in [1.29, 1.82) is 0 Å². The molecule has 1 spiro atoms. The molecule has 2 amide bonds. The average Bonchev–Trinajstić information content (AvgIpc) is 3.18. The molecule has 0 saturated carbocycles. The first-order valence-corrected chi connectivity index (χ1v) is 10.8. The highest BCUT2D eigenvalue weighted by Gasteiger charge is 2.64. The van der Waals surface area contributed by atoms with E-state index >= 15 is 0 Å². The van der Waals surface area contributed by atoms with Crippen LogP contribution in [0.2, 0.25) is 0 Å². The molecule has 0 saturated heterocycles. The molecule has 0 bridgehead atoms. The van der Waals surface area contributed by atoms with Gasteiger partial charge in [-0.25, -0.2) is 0 Å². The number of hydrogen-bond acceptors (Lipinski definition) is 5. The van der Waals surface area contributed by atoms with Crippen molar-refractivity contribution in [2.75, 3.05) is 31.7 Å². The summed E-state index contributed by atoms with van der Waals surface area (Å²) >= 11 is 0. The molecule has 1 aromatic heterocycles. The van der Waals surface area contributed by atoms with Crippen molar-refractivity contribution < 1.29 is 18.7 Å². The van der Waals surface area contributed by atoms with Crippen molar-refractivity contribution in [1.82, 2.24) is 4.90 Å². The van der Waals surface area contributed by atoms with E-state index in [9.17, 15) is 14.4 Å². The van der Waals surface area contributed by atoms with Gasteiger partial charge >= 0.3 is 0 Å². The zero-order chi connectivity index (χ0) is 22.6. The van der Waals surface area contributed by atoms with Crippen LogP contribution in [0.4, 0.5) is 5.69 Å². The summed E-state index contributed by atoms with van der Waals surface area (Å²) in [5.41, 5.74) is 0.764. The fourth-order valence-electron chi connectivity index (χ4n) is 5.03. The zero-order valence-electron chi connectivity index (χ0n) is 18.3. The lowest BCUT2D eigenvalue weighted by Gasteiger charge is -2.34. The van der Waals surface area contributed by atoms with Gasteiger partial charge in [0.2, 0.25) is 5.76 Å². The second-order valence-corrected chi connectivity index (χ2v) is 8.27. The first-order chi connectivity index (χ1) is 15.5. The second kappa shape index (κ2) is 7.31. The Labute approximate surface area is 185 Å².